The highest BCUT2D eigenvalue weighted by atomic mass is 32.2. The molecule has 2 aromatic rings. The van der Waals surface area contributed by atoms with Crippen molar-refractivity contribution in [1.29, 1.82) is 0 Å². The molecule has 0 aliphatic rings. The monoisotopic (exact) mass is 280 g/mol. The fourth-order valence-corrected chi connectivity index (χ4v) is 2.20. The normalized spacial score (nSPS) is 11.2. The van der Waals surface area contributed by atoms with Crippen molar-refractivity contribution in [2.24, 2.45) is 0 Å². The summed E-state index contributed by atoms with van der Waals surface area (Å²) >= 11 is 0. The van der Waals surface area contributed by atoms with Gasteiger partial charge in [0.15, 0.2) is 5.76 Å². The van der Waals surface area contributed by atoms with Crippen molar-refractivity contribution in [3.63, 3.8) is 0 Å². The summed E-state index contributed by atoms with van der Waals surface area (Å²) in [5, 5.41) is 0. The predicted octanol–water partition coefficient (Wildman–Crippen LogP) is 1.21. The van der Waals surface area contributed by atoms with E-state index in [1.54, 1.807) is 12.1 Å². The van der Waals surface area contributed by atoms with Gasteiger partial charge in [0.05, 0.1) is 11.2 Å². The highest BCUT2D eigenvalue weighted by molar-refractivity contribution is 7.89. The summed E-state index contributed by atoms with van der Waals surface area (Å²) in [6.45, 7) is 1.85. The van der Waals surface area contributed by atoms with Crippen LogP contribution < -0.4 is 10.3 Å². The molecule has 0 saturated carbocycles. The second-order valence-electron chi connectivity index (χ2n) is 3.85. The lowest BCUT2D eigenvalue weighted by Gasteiger charge is -2.07. The molecule has 2 N–H and O–H groups in total. The van der Waals surface area contributed by atoms with Crippen molar-refractivity contribution < 1.29 is 17.6 Å². The van der Waals surface area contributed by atoms with Gasteiger partial charge in [-0.2, -0.15) is 0 Å². The number of sulfonamides is 1. The van der Waals surface area contributed by atoms with E-state index in [-0.39, 0.29) is 10.7 Å². The van der Waals surface area contributed by atoms with Crippen LogP contribution in [0.1, 0.15) is 16.1 Å². The first-order chi connectivity index (χ1) is 8.99. The Bertz CT molecular complexity index is 660. The summed E-state index contributed by atoms with van der Waals surface area (Å²) < 4.78 is 28.6. The van der Waals surface area contributed by atoms with Crippen LogP contribution in [-0.2, 0) is 10.0 Å². The molecule has 100 valence electrons. The third-order valence-corrected chi connectivity index (χ3v) is 3.64. The number of carbonyl (C=O) groups is 1. The lowest BCUT2D eigenvalue weighted by Crippen LogP contribution is -2.41. The Morgan fingerprint density at radius 3 is 2.42 bits per heavy atom. The molecule has 0 aliphatic heterocycles. The maximum atomic E-state index is 11.9. The standard InChI is InChI=1S/C12H12N2O4S/c1-9-4-6-10(7-5-9)19(16,17)14-13-12(15)11-3-2-8-18-11/h2-8,14H,1H3,(H,13,15). The third kappa shape index (κ3) is 3.21. The van der Waals surface area contributed by atoms with E-state index in [1.165, 1.54) is 30.5 Å². The zero-order valence-corrected chi connectivity index (χ0v) is 10.9. The van der Waals surface area contributed by atoms with Gasteiger partial charge >= 0.3 is 5.91 Å². The van der Waals surface area contributed by atoms with Gasteiger partial charge in [-0.3, -0.25) is 10.2 Å². The molecule has 1 heterocycles. The van der Waals surface area contributed by atoms with E-state index < -0.39 is 15.9 Å². The Kier molecular flexibility index (Phi) is 3.68. The van der Waals surface area contributed by atoms with Gasteiger partial charge in [0, 0.05) is 0 Å². The largest absolute Gasteiger partial charge is 0.459 e. The van der Waals surface area contributed by atoms with Gasteiger partial charge < -0.3 is 4.42 Å². The van der Waals surface area contributed by atoms with Crippen LogP contribution in [0, 0.1) is 6.92 Å². The molecule has 0 spiro atoms. The SMILES string of the molecule is Cc1ccc(S(=O)(=O)NNC(=O)c2ccco2)cc1. The Labute approximate surface area is 110 Å². The predicted molar refractivity (Wildman–Crippen MR) is 67.7 cm³/mol. The topological polar surface area (TPSA) is 88.4 Å². The number of hydrazine groups is 1. The Balaban J connectivity index is 2.06. The number of benzene rings is 1. The van der Waals surface area contributed by atoms with Crippen molar-refractivity contribution in [2.45, 2.75) is 11.8 Å². The van der Waals surface area contributed by atoms with Crippen molar-refractivity contribution in [3.8, 4) is 0 Å². The van der Waals surface area contributed by atoms with Crippen LogP contribution in [0.15, 0.2) is 52.0 Å². The van der Waals surface area contributed by atoms with Crippen LogP contribution in [0.2, 0.25) is 0 Å². The number of amides is 1. The number of nitrogens with one attached hydrogen (secondary N) is 2. The van der Waals surface area contributed by atoms with E-state index >= 15 is 0 Å². The van der Waals surface area contributed by atoms with Gasteiger partial charge in [0.1, 0.15) is 0 Å². The van der Waals surface area contributed by atoms with E-state index in [1.807, 2.05) is 11.8 Å². The van der Waals surface area contributed by atoms with Gasteiger partial charge in [0.2, 0.25) is 0 Å². The number of carbonyl (C=O) groups excluding carboxylic acids is 1. The number of hydrogen-bond donors (Lipinski definition) is 2. The van der Waals surface area contributed by atoms with Crippen LogP contribution in [0.4, 0.5) is 0 Å². The van der Waals surface area contributed by atoms with Crippen LogP contribution in [0.3, 0.4) is 0 Å². The van der Waals surface area contributed by atoms with Crippen molar-refractivity contribution in [3.05, 3.63) is 54.0 Å². The Hall–Kier alpha value is -2.12. The summed E-state index contributed by atoms with van der Waals surface area (Å²) in [5.41, 5.74) is 3.01. The van der Waals surface area contributed by atoms with E-state index in [9.17, 15) is 13.2 Å². The molecule has 0 bridgehead atoms. The van der Waals surface area contributed by atoms with Crippen molar-refractivity contribution in [1.82, 2.24) is 10.3 Å². The number of furan rings is 1. The summed E-state index contributed by atoms with van der Waals surface area (Å²) in [5.74, 6) is -0.646. The second kappa shape index (κ2) is 5.25. The van der Waals surface area contributed by atoms with Gasteiger partial charge in [0.25, 0.3) is 10.0 Å². The Morgan fingerprint density at radius 2 is 1.84 bits per heavy atom. The second-order valence-corrected chi connectivity index (χ2v) is 5.53. The van der Waals surface area contributed by atoms with Gasteiger partial charge in [-0.05, 0) is 31.2 Å². The first kappa shape index (κ1) is 13.3. The molecule has 1 aromatic heterocycles. The zero-order chi connectivity index (χ0) is 13.9. The summed E-state index contributed by atoms with van der Waals surface area (Å²) in [4.78, 5) is 13.6. The van der Waals surface area contributed by atoms with E-state index in [0.29, 0.717) is 0 Å². The van der Waals surface area contributed by atoms with Crippen molar-refractivity contribution in [2.75, 3.05) is 0 Å². The number of aryl methyl sites for hydroxylation is 1. The number of hydrogen-bond acceptors (Lipinski definition) is 4. The van der Waals surface area contributed by atoms with E-state index in [2.05, 4.69) is 5.43 Å². The molecule has 2 rings (SSSR count). The minimum Gasteiger partial charge on any atom is -0.459 e. The third-order valence-electron chi connectivity index (χ3n) is 2.38. The molecule has 19 heavy (non-hydrogen) atoms. The number of rotatable bonds is 4. The van der Waals surface area contributed by atoms with Crippen LogP contribution in [0.5, 0.6) is 0 Å². The Morgan fingerprint density at radius 1 is 1.16 bits per heavy atom. The molecule has 1 aromatic carbocycles. The maximum absolute atomic E-state index is 11.9. The molecule has 0 unspecified atom stereocenters. The molecule has 7 heteroatoms. The van der Waals surface area contributed by atoms with Gasteiger partial charge in [-0.15, -0.1) is 4.83 Å². The molecule has 6 nitrogen and oxygen atoms in total. The lowest BCUT2D eigenvalue weighted by molar-refractivity contribution is 0.0917. The molecule has 1 amide bonds. The van der Waals surface area contributed by atoms with E-state index in [4.69, 9.17) is 4.42 Å². The van der Waals surface area contributed by atoms with Gasteiger partial charge in [-0.25, -0.2) is 8.42 Å². The van der Waals surface area contributed by atoms with Crippen LogP contribution in [0.25, 0.3) is 0 Å². The summed E-state index contributed by atoms with van der Waals surface area (Å²) in [7, 11) is -3.79. The first-order valence-corrected chi connectivity index (χ1v) is 6.90. The molecule has 0 atom stereocenters. The summed E-state index contributed by atoms with van der Waals surface area (Å²) in [6.07, 6.45) is 1.32. The van der Waals surface area contributed by atoms with Crippen LogP contribution >= 0.6 is 0 Å². The lowest BCUT2D eigenvalue weighted by atomic mass is 10.2. The average Bonchev–Trinajstić information content (AvgIpc) is 2.90. The fourth-order valence-electron chi connectivity index (χ4n) is 1.36. The molecular formula is C12H12N2O4S. The fraction of sp³-hybridized carbons (Fsp3) is 0.0833. The van der Waals surface area contributed by atoms with Crippen molar-refractivity contribution >= 4 is 15.9 Å². The molecule has 0 saturated heterocycles. The average molecular weight is 280 g/mol. The van der Waals surface area contributed by atoms with Gasteiger partial charge in [-0.1, -0.05) is 17.7 Å². The maximum Gasteiger partial charge on any atom is 0.301 e. The first-order valence-electron chi connectivity index (χ1n) is 5.41. The molecular weight excluding hydrogens is 268 g/mol. The van der Waals surface area contributed by atoms with Crippen LogP contribution in [-0.4, -0.2) is 14.3 Å². The summed E-state index contributed by atoms with van der Waals surface area (Å²) in [6, 6.07) is 9.21. The quantitative estimate of drug-likeness (QED) is 0.824. The molecule has 0 fully saturated rings. The highest BCUT2D eigenvalue weighted by Crippen LogP contribution is 2.09. The zero-order valence-electron chi connectivity index (χ0n) is 10.1. The smallest absolute Gasteiger partial charge is 0.301 e. The molecule has 0 radical (unpaired) electrons. The highest BCUT2D eigenvalue weighted by Gasteiger charge is 2.16. The van der Waals surface area contributed by atoms with E-state index in [0.717, 1.165) is 5.56 Å². The minimum absolute atomic E-state index is 0.0200. The molecule has 0 aliphatic carbocycles. The minimum atomic E-state index is -3.79.